The first-order valence-electron chi connectivity index (χ1n) is 9.65. The molecule has 0 saturated carbocycles. The average molecular weight is 406 g/mol. The van der Waals surface area contributed by atoms with Gasteiger partial charge in [-0.3, -0.25) is 4.79 Å². The maximum absolute atomic E-state index is 11.8. The van der Waals surface area contributed by atoms with Crippen molar-refractivity contribution in [2.45, 2.75) is 26.3 Å². The quantitative estimate of drug-likeness (QED) is 0.633. The van der Waals surface area contributed by atoms with Crippen LogP contribution in [0.15, 0.2) is 60.9 Å². The molecule has 1 amide bonds. The van der Waals surface area contributed by atoms with Gasteiger partial charge in [-0.25, -0.2) is 4.98 Å². The van der Waals surface area contributed by atoms with Crippen LogP contribution in [0.25, 0.3) is 5.69 Å². The van der Waals surface area contributed by atoms with Crippen LogP contribution in [-0.4, -0.2) is 27.1 Å². The minimum Gasteiger partial charge on any atom is -0.358 e. The Morgan fingerprint density at radius 3 is 2.45 bits per heavy atom. The van der Waals surface area contributed by atoms with E-state index in [0.717, 1.165) is 41.4 Å². The molecule has 6 nitrogen and oxygen atoms in total. The van der Waals surface area contributed by atoms with Crippen LogP contribution in [-0.2, 0) is 11.3 Å². The molecule has 0 bridgehead atoms. The SMILES string of the molecule is Cc1nccn1-c1ccc(CNC(=S)Nc2ccc(N3CCCC3=O)cc2)cc1. The topological polar surface area (TPSA) is 62.2 Å². The summed E-state index contributed by atoms with van der Waals surface area (Å²) in [7, 11) is 0. The summed E-state index contributed by atoms with van der Waals surface area (Å²) in [5, 5.41) is 6.97. The second-order valence-electron chi connectivity index (χ2n) is 7.01. The molecule has 0 radical (unpaired) electrons. The molecule has 7 heteroatoms. The van der Waals surface area contributed by atoms with E-state index < -0.39 is 0 Å². The van der Waals surface area contributed by atoms with Crippen molar-refractivity contribution in [2.75, 3.05) is 16.8 Å². The summed E-state index contributed by atoms with van der Waals surface area (Å²) in [5.41, 5.74) is 4.05. The number of imidazole rings is 1. The van der Waals surface area contributed by atoms with Crippen LogP contribution in [0, 0.1) is 6.92 Å². The first-order valence-corrected chi connectivity index (χ1v) is 10.1. The van der Waals surface area contributed by atoms with Crippen LogP contribution in [0.3, 0.4) is 0 Å². The van der Waals surface area contributed by atoms with Gasteiger partial charge in [-0.05, 0) is 67.5 Å². The molecule has 4 rings (SSSR count). The predicted molar refractivity (Wildman–Crippen MR) is 119 cm³/mol. The van der Waals surface area contributed by atoms with Gasteiger partial charge in [-0.2, -0.15) is 0 Å². The zero-order chi connectivity index (χ0) is 20.2. The van der Waals surface area contributed by atoms with Crippen LogP contribution in [0.5, 0.6) is 0 Å². The minimum absolute atomic E-state index is 0.192. The Bertz CT molecular complexity index is 1010. The molecule has 2 N–H and O–H groups in total. The molecular weight excluding hydrogens is 382 g/mol. The van der Waals surface area contributed by atoms with E-state index in [1.807, 2.05) is 46.9 Å². The molecule has 29 heavy (non-hydrogen) atoms. The minimum atomic E-state index is 0.192. The summed E-state index contributed by atoms with van der Waals surface area (Å²) >= 11 is 5.40. The average Bonchev–Trinajstić information content (AvgIpc) is 3.35. The highest BCUT2D eigenvalue weighted by Gasteiger charge is 2.21. The lowest BCUT2D eigenvalue weighted by Crippen LogP contribution is -2.28. The second kappa shape index (κ2) is 8.45. The van der Waals surface area contributed by atoms with Gasteiger partial charge in [0.15, 0.2) is 5.11 Å². The van der Waals surface area contributed by atoms with E-state index in [4.69, 9.17) is 12.2 Å². The van der Waals surface area contributed by atoms with Crippen molar-refractivity contribution >= 4 is 34.6 Å². The van der Waals surface area contributed by atoms with Crippen LogP contribution in [0.4, 0.5) is 11.4 Å². The van der Waals surface area contributed by atoms with Crippen LogP contribution in [0.1, 0.15) is 24.2 Å². The number of nitrogens with zero attached hydrogens (tertiary/aromatic N) is 3. The number of amides is 1. The summed E-state index contributed by atoms with van der Waals surface area (Å²) in [6.07, 6.45) is 5.31. The largest absolute Gasteiger partial charge is 0.358 e. The van der Waals surface area contributed by atoms with Gasteiger partial charge in [0, 0.05) is 49.0 Å². The molecular formula is C22H23N5OS. The van der Waals surface area contributed by atoms with E-state index in [9.17, 15) is 4.79 Å². The lowest BCUT2D eigenvalue weighted by molar-refractivity contribution is -0.117. The van der Waals surface area contributed by atoms with Crippen molar-refractivity contribution < 1.29 is 4.79 Å². The number of carbonyl (C=O) groups is 1. The Labute approximate surface area is 175 Å². The molecule has 0 atom stereocenters. The van der Waals surface area contributed by atoms with Crippen molar-refractivity contribution in [1.29, 1.82) is 0 Å². The molecule has 2 aromatic carbocycles. The van der Waals surface area contributed by atoms with E-state index in [0.29, 0.717) is 18.1 Å². The van der Waals surface area contributed by atoms with Crippen molar-refractivity contribution in [3.63, 3.8) is 0 Å². The number of rotatable bonds is 5. The summed E-state index contributed by atoms with van der Waals surface area (Å²) in [6, 6.07) is 16.1. The van der Waals surface area contributed by atoms with E-state index >= 15 is 0 Å². The maximum atomic E-state index is 11.8. The molecule has 0 unspecified atom stereocenters. The molecule has 1 aliphatic rings. The van der Waals surface area contributed by atoms with Gasteiger partial charge in [0.25, 0.3) is 0 Å². The zero-order valence-electron chi connectivity index (χ0n) is 16.3. The highest BCUT2D eigenvalue weighted by atomic mass is 32.1. The number of nitrogens with one attached hydrogen (secondary N) is 2. The summed E-state index contributed by atoms with van der Waals surface area (Å²) in [4.78, 5) is 17.9. The van der Waals surface area contributed by atoms with Gasteiger partial charge in [0.05, 0.1) is 0 Å². The normalized spacial score (nSPS) is 13.6. The van der Waals surface area contributed by atoms with Crippen LogP contribution in [0.2, 0.25) is 0 Å². The fourth-order valence-corrected chi connectivity index (χ4v) is 3.62. The van der Waals surface area contributed by atoms with E-state index in [1.54, 1.807) is 6.20 Å². The smallest absolute Gasteiger partial charge is 0.227 e. The molecule has 1 fully saturated rings. The van der Waals surface area contributed by atoms with E-state index in [1.165, 1.54) is 0 Å². The number of anilines is 2. The number of carbonyl (C=O) groups excluding carboxylic acids is 1. The van der Waals surface area contributed by atoms with Crippen LogP contribution >= 0.6 is 12.2 Å². The Balaban J connectivity index is 1.30. The fourth-order valence-electron chi connectivity index (χ4n) is 3.43. The number of hydrogen-bond donors (Lipinski definition) is 2. The monoisotopic (exact) mass is 405 g/mol. The molecule has 1 aromatic heterocycles. The first-order chi connectivity index (χ1) is 14.1. The molecule has 1 saturated heterocycles. The third-order valence-corrected chi connectivity index (χ3v) is 5.25. The lowest BCUT2D eigenvalue weighted by atomic mass is 10.2. The van der Waals surface area contributed by atoms with Crippen molar-refractivity contribution in [2.24, 2.45) is 0 Å². The zero-order valence-corrected chi connectivity index (χ0v) is 17.1. The second-order valence-corrected chi connectivity index (χ2v) is 7.42. The number of aryl methyl sites for hydroxylation is 1. The predicted octanol–water partition coefficient (Wildman–Crippen LogP) is 3.79. The number of hydrogen-bond acceptors (Lipinski definition) is 3. The van der Waals surface area contributed by atoms with Gasteiger partial charge in [0.2, 0.25) is 5.91 Å². The van der Waals surface area contributed by atoms with Gasteiger partial charge < -0.3 is 20.1 Å². The lowest BCUT2D eigenvalue weighted by Gasteiger charge is -2.16. The summed E-state index contributed by atoms with van der Waals surface area (Å²) < 4.78 is 2.04. The third kappa shape index (κ3) is 4.46. The fraction of sp³-hybridized carbons (Fsp3) is 0.227. The van der Waals surface area contributed by atoms with Crippen LogP contribution < -0.4 is 15.5 Å². The van der Waals surface area contributed by atoms with Gasteiger partial charge >= 0.3 is 0 Å². The van der Waals surface area contributed by atoms with Crippen molar-refractivity contribution in [3.8, 4) is 5.69 Å². The van der Waals surface area contributed by atoms with E-state index in [-0.39, 0.29) is 5.91 Å². The summed E-state index contributed by atoms with van der Waals surface area (Å²) in [6.45, 7) is 3.41. The first kappa shape index (κ1) is 19.1. The maximum Gasteiger partial charge on any atom is 0.227 e. The Morgan fingerprint density at radius 1 is 1.10 bits per heavy atom. The van der Waals surface area contributed by atoms with E-state index in [2.05, 4.69) is 39.9 Å². The standard InChI is InChI=1S/C22H23N5OS/c1-16-23-12-14-26(16)19-8-4-17(5-9-19)15-24-22(29)25-18-6-10-20(11-7-18)27-13-2-3-21(27)28/h4-12,14H,2-3,13,15H2,1H3,(H2,24,25,29). The third-order valence-electron chi connectivity index (χ3n) is 5.00. The summed E-state index contributed by atoms with van der Waals surface area (Å²) in [5.74, 6) is 1.15. The molecule has 0 aliphatic carbocycles. The van der Waals surface area contributed by atoms with Gasteiger partial charge in [-0.1, -0.05) is 12.1 Å². The Kier molecular flexibility index (Phi) is 5.57. The van der Waals surface area contributed by atoms with Crippen molar-refractivity contribution in [3.05, 3.63) is 72.3 Å². The van der Waals surface area contributed by atoms with Crippen molar-refractivity contribution in [1.82, 2.24) is 14.9 Å². The Morgan fingerprint density at radius 2 is 1.83 bits per heavy atom. The highest BCUT2D eigenvalue weighted by Crippen LogP contribution is 2.23. The van der Waals surface area contributed by atoms with Gasteiger partial charge in [0.1, 0.15) is 5.82 Å². The van der Waals surface area contributed by atoms with Gasteiger partial charge in [-0.15, -0.1) is 0 Å². The molecule has 3 aromatic rings. The molecule has 2 heterocycles. The highest BCUT2D eigenvalue weighted by molar-refractivity contribution is 7.80. The Hall–Kier alpha value is -3.19. The number of benzene rings is 2. The number of aromatic nitrogens is 2. The number of thiocarbonyl (C=S) groups is 1. The molecule has 0 spiro atoms. The molecule has 148 valence electrons. The molecule has 1 aliphatic heterocycles.